The first kappa shape index (κ1) is 20.7. The molecule has 0 radical (unpaired) electrons. The average Bonchev–Trinajstić information content (AvgIpc) is 3.10. The molecule has 0 aromatic heterocycles. The number of hydrogen-bond donors (Lipinski definition) is 0. The number of carbonyl (C=O) groups is 1. The highest BCUT2D eigenvalue weighted by Gasteiger charge is 2.31. The maximum Gasteiger partial charge on any atom is 0.416 e. The molecule has 3 aromatic rings. The summed E-state index contributed by atoms with van der Waals surface area (Å²) in [5, 5.41) is -0.171. The summed E-state index contributed by atoms with van der Waals surface area (Å²) < 4.78 is 49.2. The van der Waals surface area contributed by atoms with Crippen LogP contribution in [0.25, 0.3) is 6.08 Å². The van der Waals surface area contributed by atoms with Crippen molar-refractivity contribution in [3.05, 3.63) is 100 Å². The third kappa shape index (κ3) is 4.78. The molecule has 3 aromatic carbocycles. The molecule has 0 spiro atoms. The summed E-state index contributed by atoms with van der Waals surface area (Å²) in [7, 11) is 0. The van der Waals surface area contributed by atoms with Gasteiger partial charge >= 0.3 is 12.1 Å². The van der Waals surface area contributed by atoms with Crippen LogP contribution in [0, 0.1) is 0 Å². The molecular formula is C23H13ClF3NO3. The molecule has 0 atom stereocenters. The fourth-order valence-electron chi connectivity index (χ4n) is 2.83. The molecule has 0 saturated heterocycles. The van der Waals surface area contributed by atoms with Gasteiger partial charge in [-0.25, -0.2) is 9.79 Å². The molecule has 1 heterocycles. The second kappa shape index (κ2) is 8.28. The number of ether oxygens (including phenoxy) is 2. The van der Waals surface area contributed by atoms with E-state index in [2.05, 4.69) is 4.99 Å². The lowest BCUT2D eigenvalue weighted by Crippen LogP contribution is -2.04. The van der Waals surface area contributed by atoms with Crippen LogP contribution >= 0.6 is 11.6 Å². The van der Waals surface area contributed by atoms with E-state index < -0.39 is 17.7 Å². The second-order valence-corrected chi connectivity index (χ2v) is 6.93. The van der Waals surface area contributed by atoms with E-state index in [1.54, 1.807) is 48.5 Å². The van der Waals surface area contributed by atoms with Gasteiger partial charge < -0.3 is 9.47 Å². The molecule has 1 aliphatic rings. The third-order valence-electron chi connectivity index (χ3n) is 4.29. The molecule has 1 aliphatic heterocycles. The number of halogens is 4. The summed E-state index contributed by atoms with van der Waals surface area (Å²) in [5.74, 6) is 0.0236. The number of cyclic esters (lactones) is 1. The van der Waals surface area contributed by atoms with Crippen molar-refractivity contribution in [2.75, 3.05) is 0 Å². The lowest BCUT2D eigenvalue weighted by Gasteiger charge is -2.11. The maximum atomic E-state index is 12.8. The van der Waals surface area contributed by atoms with Gasteiger partial charge in [0.25, 0.3) is 0 Å². The van der Waals surface area contributed by atoms with E-state index in [9.17, 15) is 18.0 Å². The van der Waals surface area contributed by atoms with Gasteiger partial charge in [-0.15, -0.1) is 0 Å². The third-order valence-corrected chi connectivity index (χ3v) is 4.59. The molecule has 0 amide bonds. The summed E-state index contributed by atoms with van der Waals surface area (Å²) in [6.07, 6.45) is -2.97. The minimum Gasteiger partial charge on any atom is -0.456 e. The van der Waals surface area contributed by atoms with Gasteiger partial charge in [-0.2, -0.15) is 13.2 Å². The Morgan fingerprint density at radius 1 is 0.968 bits per heavy atom. The smallest absolute Gasteiger partial charge is 0.416 e. The Bertz CT molecular complexity index is 1200. The first-order chi connectivity index (χ1) is 14.8. The summed E-state index contributed by atoms with van der Waals surface area (Å²) in [6.45, 7) is 0. The Hall–Kier alpha value is -3.58. The number of nitrogens with zero attached hydrogens (tertiary/aromatic N) is 1. The number of aliphatic imine (C=N–C) groups is 1. The SMILES string of the molecule is O=C1OC(c2ccccc2)=NC1=Cc1cccc(Oc2ccc(C(F)(F)F)cc2Cl)c1. The summed E-state index contributed by atoms with van der Waals surface area (Å²) in [5.41, 5.74) is 0.512. The standard InChI is InChI=1S/C23H13ClF3NO3/c24-18-13-16(23(25,26)27)9-10-20(18)30-17-8-4-5-14(11-17)12-19-22(29)31-21(28-19)15-6-2-1-3-7-15/h1-13H. The molecule has 4 rings (SSSR count). The Labute approximate surface area is 180 Å². The highest BCUT2D eigenvalue weighted by molar-refractivity contribution is 6.32. The van der Waals surface area contributed by atoms with Crippen LogP contribution in [0.2, 0.25) is 5.02 Å². The molecule has 0 fully saturated rings. The first-order valence-electron chi connectivity index (χ1n) is 9.02. The van der Waals surface area contributed by atoms with E-state index >= 15 is 0 Å². The van der Waals surface area contributed by atoms with Crippen LogP contribution in [-0.2, 0) is 15.7 Å². The van der Waals surface area contributed by atoms with Gasteiger partial charge in [0.1, 0.15) is 11.5 Å². The van der Waals surface area contributed by atoms with Crippen LogP contribution in [0.15, 0.2) is 83.5 Å². The van der Waals surface area contributed by atoms with E-state index in [0.29, 0.717) is 16.9 Å². The van der Waals surface area contributed by atoms with Crippen LogP contribution in [0.5, 0.6) is 11.5 Å². The molecule has 31 heavy (non-hydrogen) atoms. The molecule has 0 unspecified atom stereocenters. The van der Waals surface area contributed by atoms with Crippen LogP contribution in [0.3, 0.4) is 0 Å². The molecule has 156 valence electrons. The fraction of sp³-hybridized carbons (Fsp3) is 0.0435. The minimum absolute atomic E-state index is 0.0733. The quantitative estimate of drug-likeness (QED) is 0.342. The number of rotatable bonds is 4. The molecule has 0 saturated carbocycles. The monoisotopic (exact) mass is 443 g/mol. The van der Waals surface area contributed by atoms with Gasteiger partial charge in [-0.1, -0.05) is 41.9 Å². The van der Waals surface area contributed by atoms with Crippen LogP contribution in [0.1, 0.15) is 16.7 Å². The predicted octanol–water partition coefficient (Wildman–Crippen LogP) is 6.50. The first-order valence-corrected chi connectivity index (χ1v) is 9.40. The van der Waals surface area contributed by atoms with Crippen molar-refractivity contribution in [3.8, 4) is 11.5 Å². The zero-order valence-corrected chi connectivity index (χ0v) is 16.4. The van der Waals surface area contributed by atoms with Gasteiger partial charge in [0.05, 0.1) is 10.6 Å². The van der Waals surface area contributed by atoms with E-state index in [-0.39, 0.29) is 22.4 Å². The van der Waals surface area contributed by atoms with E-state index in [0.717, 1.165) is 18.2 Å². The molecule has 0 bridgehead atoms. The van der Waals surface area contributed by atoms with Crippen molar-refractivity contribution < 1.29 is 27.4 Å². The number of carbonyl (C=O) groups excluding carboxylic acids is 1. The molecule has 4 nitrogen and oxygen atoms in total. The van der Waals surface area contributed by atoms with Gasteiger partial charge in [0.15, 0.2) is 5.70 Å². The normalized spacial score (nSPS) is 15.0. The van der Waals surface area contributed by atoms with Gasteiger partial charge in [0, 0.05) is 5.56 Å². The van der Waals surface area contributed by atoms with E-state index in [1.165, 1.54) is 6.08 Å². The Kier molecular flexibility index (Phi) is 5.52. The van der Waals surface area contributed by atoms with Crippen molar-refractivity contribution in [2.45, 2.75) is 6.18 Å². The van der Waals surface area contributed by atoms with Crippen LogP contribution in [-0.4, -0.2) is 11.9 Å². The number of hydrogen-bond acceptors (Lipinski definition) is 4. The lowest BCUT2D eigenvalue weighted by atomic mass is 10.2. The Morgan fingerprint density at radius 2 is 1.74 bits per heavy atom. The highest BCUT2D eigenvalue weighted by atomic mass is 35.5. The zero-order valence-electron chi connectivity index (χ0n) is 15.7. The molecule has 0 N–H and O–H groups in total. The van der Waals surface area contributed by atoms with E-state index in [1.807, 2.05) is 6.07 Å². The topological polar surface area (TPSA) is 47.9 Å². The van der Waals surface area contributed by atoms with Gasteiger partial charge in [-0.05, 0) is 54.1 Å². The maximum absolute atomic E-state index is 12.8. The Morgan fingerprint density at radius 3 is 2.45 bits per heavy atom. The van der Waals surface area contributed by atoms with Crippen LogP contribution < -0.4 is 4.74 Å². The van der Waals surface area contributed by atoms with Crippen molar-refractivity contribution in [2.24, 2.45) is 4.99 Å². The molecular weight excluding hydrogens is 431 g/mol. The van der Waals surface area contributed by atoms with Crippen molar-refractivity contribution >= 4 is 29.5 Å². The summed E-state index contributed by atoms with van der Waals surface area (Å²) in [4.78, 5) is 16.4. The minimum atomic E-state index is -4.50. The highest BCUT2D eigenvalue weighted by Crippen LogP contribution is 2.36. The largest absolute Gasteiger partial charge is 0.456 e. The Balaban J connectivity index is 1.57. The summed E-state index contributed by atoms with van der Waals surface area (Å²) in [6, 6.07) is 18.5. The fourth-order valence-corrected chi connectivity index (χ4v) is 3.05. The lowest BCUT2D eigenvalue weighted by molar-refractivity contribution is -0.137. The molecule has 8 heteroatoms. The summed E-state index contributed by atoms with van der Waals surface area (Å²) >= 11 is 5.94. The molecule has 0 aliphatic carbocycles. The van der Waals surface area contributed by atoms with Gasteiger partial charge in [0.2, 0.25) is 5.90 Å². The average molecular weight is 444 g/mol. The number of alkyl halides is 3. The number of benzene rings is 3. The predicted molar refractivity (Wildman–Crippen MR) is 110 cm³/mol. The second-order valence-electron chi connectivity index (χ2n) is 6.52. The van der Waals surface area contributed by atoms with Gasteiger partial charge in [-0.3, -0.25) is 0 Å². The van der Waals surface area contributed by atoms with E-state index in [4.69, 9.17) is 21.1 Å². The van der Waals surface area contributed by atoms with Crippen LogP contribution in [0.4, 0.5) is 13.2 Å². The van der Waals surface area contributed by atoms with Crippen molar-refractivity contribution in [1.29, 1.82) is 0 Å². The number of esters is 1. The van der Waals surface area contributed by atoms with Crippen molar-refractivity contribution in [1.82, 2.24) is 0 Å². The van der Waals surface area contributed by atoms with Crippen molar-refractivity contribution in [3.63, 3.8) is 0 Å². The zero-order chi connectivity index (χ0) is 22.0.